The molecule has 1 aromatic heterocycles. The molecular formula is C12H16N6O. The average molecular weight is 260 g/mol. The highest BCUT2D eigenvalue weighted by molar-refractivity contribution is 5.89. The summed E-state index contributed by atoms with van der Waals surface area (Å²) in [5, 5.41) is 11.7. The Bertz CT molecular complexity index is 520. The van der Waals surface area contributed by atoms with Crippen LogP contribution in [0.1, 0.15) is 24.4 Å². The largest absolute Gasteiger partial charge is 0.331 e. The van der Waals surface area contributed by atoms with Crippen LogP contribution in [0.4, 0.5) is 10.5 Å². The molecule has 0 saturated heterocycles. The molecule has 0 aliphatic rings. The van der Waals surface area contributed by atoms with E-state index >= 15 is 0 Å². The molecule has 0 saturated carbocycles. The number of hydrogen-bond donors (Lipinski definition) is 4. The summed E-state index contributed by atoms with van der Waals surface area (Å²) in [6.45, 7) is 2.20. The third kappa shape index (κ3) is 3.78. The van der Waals surface area contributed by atoms with Crippen LogP contribution in [0.2, 0.25) is 0 Å². The van der Waals surface area contributed by atoms with Gasteiger partial charge in [-0.1, -0.05) is 12.1 Å². The zero-order valence-electron chi connectivity index (χ0n) is 10.6. The lowest BCUT2D eigenvalue weighted by Gasteiger charge is -2.09. The molecule has 2 aromatic rings. The van der Waals surface area contributed by atoms with Crippen molar-refractivity contribution in [2.45, 2.75) is 19.5 Å². The van der Waals surface area contributed by atoms with Gasteiger partial charge in [0.1, 0.15) is 12.2 Å². The number of aromatic nitrogens is 3. The lowest BCUT2D eigenvalue weighted by atomic mass is 10.1. The van der Waals surface area contributed by atoms with E-state index in [2.05, 4.69) is 25.8 Å². The number of nitrogens with zero attached hydrogens (tertiary/aromatic N) is 2. The summed E-state index contributed by atoms with van der Waals surface area (Å²) < 4.78 is 0. The fraction of sp³-hybridized carbons (Fsp3) is 0.250. The van der Waals surface area contributed by atoms with Crippen molar-refractivity contribution < 1.29 is 4.79 Å². The minimum absolute atomic E-state index is 0.0191. The number of aromatic amines is 1. The number of hydrogen-bond acceptors (Lipinski definition) is 4. The Morgan fingerprint density at radius 1 is 1.42 bits per heavy atom. The molecule has 100 valence electrons. The SMILES string of the molecule is CC(N)c1ccc(NC(=O)NCc2ncn[nH]2)cc1. The van der Waals surface area contributed by atoms with Gasteiger partial charge in [0.05, 0.1) is 6.54 Å². The Balaban J connectivity index is 1.84. The Hall–Kier alpha value is -2.41. The van der Waals surface area contributed by atoms with E-state index in [9.17, 15) is 4.79 Å². The molecule has 1 unspecified atom stereocenters. The summed E-state index contributed by atoms with van der Waals surface area (Å²) in [4.78, 5) is 15.5. The highest BCUT2D eigenvalue weighted by Crippen LogP contribution is 2.13. The van der Waals surface area contributed by atoms with E-state index in [4.69, 9.17) is 5.73 Å². The first-order chi connectivity index (χ1) is 9.15. The van der Waals surface area contributed by atoms with Crippen LogP contribution >= 0.6 is 0 Å². The molecule has 5 N–H and O–H groups in total. The van der Waals surface area contributed by atoms with Crippen LogP contribution in [0.15, 0.2) is 30.6 Å². The summed E-state index contributed by atoms with van der Waals surface area (Å²) in [6.07, 6.45) is 1.39. The van der Waals surface area contributed by atoms with Crippen LogP contribution in [-0.2, 0) is 6.54 Å². The van der Waals surface area contributed by atoms with E-state index in [1.165, 1.54) is 6.33 Å². The first kappa shape index (κ1) is 13.0. The smallest absolute Gasteiger partial charge is 0.319 e. The Morgan fingerprint density at radius 2 is 2.16 bits per heavy atom. The number of benzene rings is 1. The van der Waals surface area contributed by atoms with Gasteiger partial charge in [0.15, 0.2) is 0 Å². The molecule has 0 bridgehead atoms. The number of rotatable bonds is 4. The number of nitrogens with two attached hydrogens (primary N) is 1. The maximum atomic E-state index is 11.6. The molecule has 19 heavy (non-hydrogen) atoms. The topological polar surface area (TPSA) is 109 Å². The van der Waals surface area contributed by atoms with Crippen molar-refractivity contribution in [3.05, 3.63) is 42.0 Å². The van der Waals surface area contributed by atoms with E-state index in [1.807, 2.05) is 31.2 Å². The average Bonchev–Trinajstić information content (AvgIpc) is 2.90. The molecule has 0 aliphatic carbocycles. The van der Waals surface area contributed by atoms with Gasteiger partial charge in [0.2, 0.25) is 0 Å². The molecule has 0 fully saturated rings. The molecular weight excluding hydrogens is 244 g/mol. The van der Waals surface area contributed by atoms with Gasteiger partial charge in [0.25, 0.3) is 0 Å². The first-order valence-corrected chi connectivity index (χ1v) is 5.90. The predicted octanol–water partition coefficient (Wildman–Crippen LogP) is 1.15. The molecule has 7 nitrogen and oxygen atoms in total. The highest BCUT2D eigenvalue weighted by atomic mass is 16.2. The summed E-state index contributed by atoms with van der Waals surface area (Å²) in [5.74, 6) is 0.599. The van der Waals surface area contributed by atoms with Gasteiger partial charge >= 0.3 is 6.03 Å². The zero-order valence-corrected chi connectivity index (χ0v) is 10.6. The van der Waals surface area contributed by atoms with Crippen LogP contribution in [0.25, 0.3) is 0 Å². The van der Waals surface area contributed by atoms with Crippen molar-refractivity contribution in [1.29, 1.82) is 0 Å². The van der Waals surface area contributed by atoms with Crippen molar-refractivity contribution >= 4 is 11.7 Å². The maximum Gasteiger partial charge on any atom is 0.319 e. The third-order valence-electron chi connectivity index (χ3n) is 2.58. The Labute approximate surface area is 110 Å². The van der Waals surface area contributed by atoms with Crippen LogP contribution in [-0.4, -0.2) is 21.2 Å². The van der Waals surface area contributed by atoms with Gasteiger partial charge in [-0.3, -0.25) is 5.10 Å². The van der Waals surface area contributed by atoms with Crippen LogP contribution in [0.5, 0.6) is 0 Å². The lowest BCUT2D eigenvalue weighted by Crippen LogP contribution is -2.28. The molecule has 0 radical (unpaired) electrons. The first-order valence-electron chi connectivity index (χ1n) is 5.90. The van der Waals surface area contributed by atoms with E-state index in [0.717, 1.165) is 5.56 Å². The number of anilines is 1. The van der Waals surface area contributed by atoms with Crippen molar-refractivity contribution in [1.82, 2.24) is 20.5 Å². The standard InChI is InChI=1S/C12H16N6O/c1-8(13)9-2-4-10(5-3-9)17-12(19)14-6-11-15-7-16-18-11/h2-5,7-8H,6,13H2,1H3,(H2,14,17,19)(H,15,16,18). The van der Waals surface area contributed by atoms with Gasteiger partial charge in [-0.2, -0.15) is 5.10 Å². The number of amides is 2. The van der Waals surface area contributed by atoms with Crippen molar-refractivity contribution in [2.24, 2.45) is 5.73 Å². The minimum atomic E-state index is -0.301. The Kier molecular flexibility index (Phi) is 4.09. The second-order valence-corrected chi connectivity index (χ2v) is 4.15. The van der Waals surface area contributed by atoms with Gasteiger partial charge in [0, 0.05) is 11.7 Å². The Morgan fingerprint density at radius 3 is 2.74 bits per heavy atom. The van der Waals surface area contributed by atoms with E-state index < -0.39 is 0 Å². The quantitative estimate of drug-likeness (QED) is 0.661. The molecule has 7 heteroatoms. The number of carbonyl (C=O) groups is 1. The fourth-order valence-corrected chi connectivity index (χ4v) is 1.53. The normalized spacial score (nSPS) is 11.9. The summed E-state index contributed by atoms with van der Waals surface area (Å²) in [5.41, 5.74) is 7.48. The van der Waals surface area contributed by atoms with E-state index in [-0.39, 0.29) is 12.1 Å². The molecule has 1 atom stereocenters. The van der Waals surface area contributed by atoms with Gasteiger partial charge < -0.3 is 16.4 Å². The van der Waals surface area contributed by atoms with Crippen molar-refractivity contribution in [3.63, 3.8) is 0 Å². The molecule has 0 spiro atoms. The number of urea groups is 1. The van der Waals surface area contributed by atoms with Gasteiger partial charge in [-0.05, 0) is 24.6 Å². The van der Waals surface area contributed by atoms with E-state index in [0.29, 0.717) is 18.1 Å². The molecule has 1 heterocycles. The maximum absolute atomic E-state index is 11.6. The summed E-state index contributed by atoms with van der Waals surface area (Å²) in [7, 11) is 0. The zero-order chi connectivity index (χ0) is 13.7. The number of nitrogens with one attached hydrogen (secondary N) is 3. The van der Waals surface area contributed by atoms with E-state index in [1.54, 1.807) is 0 Å². The van der Waals surface area contributed by atoms with Gasteiger partial charge in [-0.25, -0.2) is 9.78 Å². The molecule has 0 aliphatic heterocycles. The highest BCUT2D eigenvalue weighted by Gasteiger charge is 2.04. The third-order valence-corrected chi connectivity index (χ3v) is 2.58. The molecule has 2 rings (SSSR count). The van der Waals surface area contributed by atoms with Crippen LogP contribution in [0.3, 0.4) is 0 Å². The van der Waals surface area contributed by atoms with Crippen LogP contribution < -0.4 is 16.4 Å². The lowest BCUT2D eigenvalue weighted by molar-refractivity contribution is 0.251. The number of H-pyrrole nitrogens is 1. The minimum Gasteiger partial charge on any atom is -0.331 e. The second kappa shape index (κ2) is 5.96. The molecule has 2 amide bonds. The predicted molar refractivity (Wildman–Crippen MR) is 71.3 cm³/mol. The fourth-order valence-electron chi connectivity index (χ4n) is 1.53. The van der Waals surface area contributed by atoms with Crippen molar-refractivity contribution in [3.8, 4) is 0 Å². The van der Waals surface area contributed by atoms with Crippen LogP contribution in [0, 0.1) is 0 Å². The van der Waals surface area contributed by atoms with Gasteiger partial charge in [-0.15, -0.1) is 0 Å². The summed E-state index contributed by atoms with van der Waals surface area (Å²) in [6, 6.07) is 7.08. The summed E-state index contributed by atoms with van der Waals surface area (Å²) >= 11 is 0. The monoisotopic (exact) mass is 260 g/mol. The molecule has 1 aromatic carbocycles. The second-order valence-electron chi connectivity index (χ2n) is 4.15. The van der Waals surface area contributed by atoms with Crippen molar-refractivity contribution in [2.75, 3.05) is 5.32 Å². The number of carbonyl (C=O) groups excluding carboxylic acids is 1.